The minimum absolute atomic E-state index is 0.130. The smallest absolute Gasteiger partial charge is 0.308 e. The van der Waals surface area contributed by atoms with Gasteiger partial charge in [0.05, 0.1) is 31.6 Å². The summed E-state index contributed by atoms with van der Waals surface area (Å²) in [5.41, 5.74) is 1.09. The number of benzene rings is 2. The highest BCUT2D eigenvalue weighted by molar-refractivity contribution is 6.21. The van der Waals surface area contributed by atoms with Gasteiger partial charge >= 0.3 is 5.97 Å². The second-order valence-corrected chi connectivity index (χ2v) is 5.56. The number of carbonyl (C=O) groups excluding carboxylic acids is 3. The van der Waals surface area contributed by atoms with Crippen molar-refractivity contribution in [2.75, 3.05) is 14.2 Å². The lowest BCUT2D eigenvalue weighted by molar-refractivity contribution is -0.132. The standard InChI is InChI=1S/C19H16N2O6/c1-11(22)27-17-15(25-2)8-12(9-16(17)26-3)10-20-21-18(23)13-6-4-5-7-14(13)19(21)24/h4-10H,1-3H3/b20-10-. The predicted octanol–water partition coefficient (Wildman–Crippen LogP) is 2.26. The highest BCUT2D eigenvalue weighted by atomic mass is 16.6. The predicted molar refractivity (Wildman–Crippen MR) is 95.4 cm³/mol. The van der Waals surface area contributed by atoms with Crippen LogP contribution in [0.3, 0.4) is 0 Å². The third-order valence-electron chi connectivity index (χ3n) is 3.82. The molecule has 0 saturated carbocycles. The lowest BCUT2D eigenvalue weighted by Crippen LogP contribution is -2.24. The number of imide groups is 1. The summed E-state index contributed by atoms with van der Waals surface area (Å²) in [6.07, 6.45) is 1.32. The molecule has 0 aromatic heterocycles. The van der Waals surface area contributed by atoms with E-state index in [1.807, 2.05) is 0 Å². The SMILES string of the molecule is COc1cc(/C=N\N2C(=O)c3ccccc3C2=O)cc(OC)c1OC(C)=O. The molecule has 0 fully saturated rings. The van der Waals surface area contributed by atoms with Gasteiger partial charge in [-0.3, -0.25) is 14.4 Å². The number of rotatable bonds is 5. The quantitative estimate of drug-likeness (QED) is 0.348. The molecule has 1 aliphatic heterocycles. The zero-order valence-electron chi connectivity index (χ0n) is 14.9. The molecule has 1 heterocycles. The van der Waals surface area contributed by atoms with Crippen LogP contribution in [0.2, 0.25) is 0 Å². The van der Waals surface area contributed by atoms with E-state index in [0.29, 0.717) is 16.7 Å². The van der Waals surface area contributed by atoms with Crippen molar-refractivity contribution in [1.29, 1.82) is 0 Å². The van der Waals surface area contributed by atoms with Crippen LogP contribution in [0.4, 0.5) is 0 Å². The van der Waals surface area contributed by atoms with Gasteiger partial charge in [-0.15, -0.1) is 0 Å². The Kier molecular flexibility index (Phi) is 4.89. The van der Waals surface area contributed by atoms with Crippen molar-refractivity contribution in [3.05, 3.63) is 53.1 Å². The molecule has 8 heteroatoms. The fourth-order valence-electron chi connectivity index (χ4n) is 2.62. The zero-order chi connectivity index (χ0) is 19.6. The summed E-state index contributed by atoms with van der Waals surface area (Å²) in [5.74, 6) is -0.907. The van der Waals surface area contributed by atoms with Crippen LogP contribution in [0.15, 0.2) is 41.5 Å². The van der Waals surface area contributed by atoms with Crippen LogP contribution in [-0.2, 0) is 4.79 Å². The van der Waals surface area contributed by atoms with E-state index in [2.05, 4.69) is 5.10 Å². The van der Waals surface area contributed by atoms with Crippen molar-refractivity contribution in [3.8, 4) is 17.2 Å². The molecule has 0 unspecified atom stereocenters. The molecule has 0 aliphatic carbocycles. The Labute approximate surface area is 154 Å². The number of carbonyl (C=O) groups is 3. The molecule has 0 bridgehead atoms. The summed E-state index contributed by atoms with van der Waals surface area (Å²) in [5, 5.41) is 4.80. The molecule has 2 aromatic rings. The summed E-state index contributed by atoms with van der Waals surface area (Å²) in [6.45, 7) is 1.26. The Hall–Kier alpha value is -3.68. The van der Waals surface area contributed by atoms with Gasteiger partial charge < -0.3 is 14.2 Å². The average molecular weight is 368 g/mol. The van der Waals surface area contributed by atoms with Crippen LogP contribution < -0.4 is 14.2 Å². The van der Waals surface area contributed by atoms with Gasteiger partial charge in [0.1, 0.15) is 0 Å². The first-order chi connectivity index (χ1) is 13.0. The monoisotopic (exact) mass is 368 g/mol. The fraction of sp³-hybridized carbons (Fsp3) is 0.158. The minimum atomic E-state index is -0.529. The van der Waals surface area contributed by atoms with Crippen LogP contribution in [0.5, 0.6) is 17.2 Å². The lowest BCUT2D eigenvalue weighted by atomic mass is 10.1. The number of ether oxygens (including phenoxy) is 3. The average Bonchev–Trinajstić information content (AvgIpc) is 2.91. The molecule has 3 rings (SSSR count). The molecule has 0 radical (unpaired) electrons. The fourth-order valence-corrected chi connectivity index (χ4v) is 2.62. The molecule has 138 valence electrons. The van der Waals surface area contributed by atoms with E-state index >= 15 is 0 Å². The number of esters is 1. The van der Waals surface area contributed by atoms with E-state index in [4.69, 9.17) is 14.2 Å². The van der Waals surface area contributed by atoms with E-state index in [0.717, 1.165) is 5.01 Å². The van der Waals surface area contributed by atoms with Gasteiger partial charge in [-0.2, -0.15) is 10.1 Å². The van der Waals surface area contributed by atoms with E-state index < -0.39 is 17.8 Å². The first-order valence-corrected chi connectivity index (χ1v) is 7.92. The maximum atomic E-state index is 12.3. The minimum Gasteiger partial charge on any atom is -0.493 e. The summed E-state index contributed by atoms with van der Waals surface area (Å²) < 4.78 is 15.6. The van der Waals surface area contributed by atoms with Gasteiger partial charge in [-0.05, 0) is 24.3 Å². The first kappa shape index (κ1) is 18.1. The Bertz CT molecular complexity index is 906. The number of hydrazone groups is 1. The van der Waals surface area contributed by atoms with Crippen LogP contribution in [-0.4, -0.2) is 43.2 Å². The van der Waals surface area contributed by atoms with Gasteiger partial charge in [0.25, 0.3) is 11.8 Å². The van der Waals surface area contributed by atoms with Crippen LogP contribution >= 0.6 is 0 Å². The molecule has 2 aromatic carbocycles. The molecule has 0 atom stereocenters. The highest BCUT2D eigenvalue weighted by Gasteiger charge is 2.35. The normalized spacial score (nSPS) is 13.1. The maximum Gasteiger partial charge on any atom is 0.308 e. The Morgan fingerprint density at radius 2 is 1.52 bits per heavy atom. The van der Waals surface area contributed by atoms with Gasteiger partial charge in [0, 0.05) is 12.5 Å². The van der Waals surface area contributed by atoms with Crippen LogP contribution in [0.25, 0.3) is 0 Å². The molecule has 0 N–H and O–H groups in total. The van der Waals surface area contributed by atoms with Crippen molar-refractivity contribution in [3.63, 3.8) is 0 Å². The zero-order valence-corrected chi connectivity index (χ0v) is 14.9. The third-order valence-corrected chi connectivity index (χ3v) is 3.82. The first-order valence-electron chi connectivity index (χ1n) is 7.92. The molecule has 0 spiro atoms. The molecule has 8 nitrogen and oxygen atoms in total. The van der Waals surface area contributed by atoms with E-state index in [-0.39, 0.29) is 17.2 Å². The second-order valence-electron chi connectivity index (χ2n) is 5.56. The van der Waals surface area contributed by atoms with Gasteiger partial charge in [-0.1, -0.05) is 12.1 Å². The summed E-state index contributed by atoms with van der Waals surface area (Å²) in [7, 11) is 2.82. The number of hydrogen-bond donors (Lipinski definition) is 0. The molecule has 1 aliphatic rings. The van der Waals surface area contributed by atoms with Crippen molar-refractivity contribution in [2.45, 2.75) is 6.92 Å². The largest absolute Gasteiger partial charge is 0.493 e. The number of hydrogen-bond acceptors (Lipinski definition) is 7. The van der Waals surface area contributed by atoms with Crippen molar-refractivity contribution >= 4 is 24.0 Å². The number of methoxy groups -OCH3 is 2. The van der Waals surface area contributed by atoms with E-state index in [1.54, 1.807) is 36.4 Å². The molecule has 0 saturated heterocycles. The Balaban J connectivity index is 1.93. The van der Waals surface area contributed by atoms with Crippen molar-refractivity contribution in [1.82, 2.24) is 5.01 Å². The summed E-state index contributed by atoms with van der Waals surface area (Å²) in [6, 6.07) is 9.60. The summed E-state index contributed by atoms with van der Waals surface area (Å²) >= 11 is 0. The summed E-state index contributed by atoms with van der Waals surface area (Å²) in [4.78, 5) is 35.9. The number of nitrogens with zero attached hydrogens (tertiary/aromatic N) is 2. The van der Waals surface area contributed by atoms with Crippen LogP contribution in [0, 0.1) is 0 Å². The van der Waals surface area contributed by atoms with Gasteiger partial charge in [-0.25, -0.2) is 0 Å². The molecule has 27 heavy (non-hydrogen) atoms. The van der Waals surface area contributed by atoms with Gasteiger partial charge in [0.15, 0.2) is 11.5 Å². The Morgan fingerprint density at radius 3 is 1.96 bits per heavy atom. The Morgan fingerprint density at radius 1 is 1.00 bits per heavy atom. The molecule has 2 amide bonds. The maximum absolute atomic E-state index is 12.3. The molecular formula is C19H16N2O6. The lowest BCUT2D eigenvalue weighted by Gasteiger charge is -2.13. The van der Waals surface area contributed by atoms with Gasteiger partial charge in [0.2, 0.25) is 5.75 Å². The highest BCUT2D eigenvalue weighted by Crippen LogP contribution is 2.38. The van der Waals surface area contributed by atoms with Crippen LogP contribution in [0.1, 0.15) is 33.2 Å². The van der Waals surface area contributed by atoms with E-state index in [9.17, 15) is 14.4 Å². The topological polar surface area (TPSA) is 94.5 Å². The van der Waals surface area contributed by atoms with Crippen molar-refractivity contribution < 1.29 is 28.6 Å². The van der Waals surface area contributed by atoms with E-state index in [1.165, 1.54) is 27.4 Å². The number of amides is 2. The molecular weight excluding hydrogens is 352 g/mol. The van der Waals surface area contributed by atoms with Crippen molar-refractivity contribution in [2.24, 2.45) is 5.10 Å². The third kappa shape index (κ3) is 3.37. The second kappa shape index (κ2) is 7.28. The number of fused-ring (bicyclic) bond motifs is 1.